The first-order valence-corrected chi connectivity index (χ1v) is 7.81. The zero-order valence-corrected chi connectivity index (χ0v) is 14.1. The first-order valence-electron chi connectivity index (χ1n) is 7.81. The van der Waals surface area contributed by atoms with Gasteiger partial charge in [-0.3, -0.25) is 4.68 Å². The molecule has 3 aromatic rings. The number of ether oxygens (including phenoxy) is 2. The fourth-order valence-electron chi connectivity index (χ4n) is 2.83. The Morgan fingerprint density at radius 1 is 1.16 bits per heavy atom. The second kappa shape index (κ2) is 7.17. The molecule has 1 heterocycles. The summed E-state index contributed by atoms with van der Waals surface area (Å²) in [5.74, 6) is 0.338. The van der Waals surface area contributed by atoms with Gasteiger partial charge in [-0.1, -0.05) is 18.2 Å². The highest BCUT2D eigenvalue weighted by molar-refractivity contribution is 6.05. The minimum atomic E-state index is -0.443. The maximum absolute atomic E-state index is 12.1. The lowest BCUT2D eigenvalue weighted by Gasteiger charge is -2.06. The predicted octanol–water partition coefficient (Wildman–Crippen LogP) is 2.62. The number of aldehydes is 1. The van der Waals surface area contributed by atoms with Crippen LogP contribution < -0.4 is 4.74 Å². The van der Waals surface area contributed by atoms with Crippen molar-refractivity contribution < 1.29 is 19.1 Å². The van der Waals surface area contributed by atoms with E-state index in [-0.39, 0.29) is 6.42 Å². The zero-order chi connectivity index (χ0) is 17.8. The minimum absolute atomic E-state index is 0.139. The molecule has 0 aliphatic rings. The molecule has 0 amide bonds. The SMILES string of the molecule is COC(=O)c1cccc2c1c(CC=O)nn2Cc1ccc(OC)cc1. The third kappa shape index (κ3) is 3.24. The van der Waals surface area contributed by atoms with Gasteiger partial charge in [-0.2, -0.15) is 5.10 Å². The fraction of sp³-hybridized carbons (Fsp3) is 0.211. The molecule has 0 saturated carbocycles. The number of hydrogen-bond acceptors (Lipinski definition) is 5. The lowest BCUT2D eigenvalue weighted by atomic mass is 10.1. The highest BCUT2D eigenvalue weighted by atomic mass is 16.5. The molecule has 2 aromatic carbocycles. The number of carbonyl (C=O) groups is 2. The number of fused-ring (bicyclic) bond motifs is 1. The van der Waals surface area contributed by atoms with Crippen molar-refractivity contribution in [1.82, 2.24) is 9.78 Å². The lowest BCUT2D eigenvalue weighted by molar-refractivity contribution is -0.107. The maximum Gasteiger partial charge on any atom is 0.338 e. The molecule has 0 bridgehead atoms. The summed E-state index contributed by atoms with van der Waals surface area (Å²) in [4.78, 5) is 23.1. The molecule has 0 unspecified atom stereocenters. The van der Waals surface area contributed by atoms with E-state index in [1.807, 2.05) is 30.3 Å². The molecular weight excluding hydrogens is 320 g/mol. The third-order valence-corrected chi connectivity index (χ3v) is 4.02. The maximum atomic E-state index is 12.1. The molecule has 1 aromatic heterocycles. The van der Waals surface area contributed by atoms with E-state index in [0.29, 0.717) is 23.2 Å². The Bertz CT molecular complexity index is 913. The molecule has 0 aliphatic carbocycles. The largest absolute Gasteiger partial charge is 0.497 e. The Balaban J connectivity index is 2.08. The molecule has 0 saturated heterocycles. The van der Waals surface area contributed by atoms with Gasteiger partial charge < -0.3 is 14.3 Å². The van der Waals surface area contributed by atoms with Gasteiger partial charge in [-0.05, 0) is 29.8 Å². The molecule has 128 valence electrons. The van der Waals surface area contributed by atoms with Crippen LogP contribution in [0.25, 0.3) is 10.9 Å². The molecule has 6 nitrogen and oxygen atoms in total. The van der Waals surface area contributed by atoms with Gasteiger partial charge in [0.1, 0.15) is 12.0 Å². The molecule has 3 rings (SSSR count). The second-order valence-electron chi connectivity index (χ2n) is 5.51. The van der Waals surface area contributed by atoms with Crippen LogP contribution in [0.4, 0.5) is 0 Å². The number of methoxy groups -OCH3 is 2. The lowest BCUT2D eigenvalue weighted by Crippen LogP contribution is -2.03. The van der Waals surface area contributed by atoms with Gasteiger partial charge in [0.05, 0.1) is 37.5 Å². The molecule has 25 heavy (non-hydrogen) atoms. The van der Waals surface area contributed by atoms with E-state index in [1.54, 1.807) is 23.9 Å². The van der Waals surface area contributed by atoms with Crippen LogP contribution in [-0.4, -0.2) is 36.3 Å². The number of rotatable bonds is 6. The summed E-state index contributed by atoms with van der Waals surface area (Å²) < 4.78 is 11.8. The van der Waals surface area contributed by atoms with Crippen molar-refractivity contribution in [3.05, 3.63) is 59.3 Å². The highest BCUT2D eigenvalue weighted by Gasteiger charge is 2.18. The average Bonchev–Trinajstić information content (AvgIpc) is 2.99. The minimum Gasteiger partial charge on any atom is -0.497 e. The summed E-state index contributed by atoms with van der Waals surface area (Å²) in [6, 6.07) is 13.0. The fourth-order valence-corrected chi connectivity index (χ4v) is 2.83. The summed E-state index contributed by atoms with van der Waals surface area (Å²) in [7, 11) is 2.96. The van der Waals surface area contributed by atoms with E-state index in [0.717, 1.165) is 23.1 Å². The smallest absolute Gasteiger partial charge is 0.338 e. The molecule has 0 atom stereocenters. The normalized spacial score (nSPS) is 10.6. The molecule has 0 spiro atoms. The van der Waals surface area contributed by atoms with Gasteiger partial charge in [0.2, 0.25) is 0 Å². The predicted molar refractivity (Wildman–Crippen MR) is 92.9 cm³/mol. The standard InChI is InChI=1S/C19H18N2O4/c1-24-14-8-6-13(7-9-14)12-21-17-5-3-4-15(19(23)25-2)18(17)16(20-21)10-11-22/h3-9,11H,10,12H2,1-2H3. The van der Waals surface area contributed by atoms with E-state index in [2.05, 4.69) is 5.10 Å². The van der Waals surface area contributed by atoms with Crippen molar-refractivity contribution >= 4 is 23.2 Å². The second-order valence-corrected chi connectivity index (χ2v) is 5.51. The van der Waals surface area contributed by atoms with Crippen molar-refractivity contribution in [2.24, 2.45) is 0 Å². The molecule has 6 heteroatoms. The van der Waals surface area contributed by atoms with Gasteiger partial charge in [-0.25, -0.2) is 4.79 Å². The molecule has 0 radical (unpaired) electrons. The van der Waals surface area contributed by atoms with Crippen molar-refractivity contribution in [1.29, 1.82) is 0 Å². The number of nitrogens with zero attached hydrogens (tertiary/aromatic N) is 2. The van der Waals surface area contributed by atoms with Crippen molar-refractivity contribution in [3.63, 3.8) is 0 Å². The van der Waals surface area contributed by atoms with Gasteiger partial charge in [0.15, 0.2) is 0 Å². The van der Waals surface area contributed by atoms with Crippen LogP contribution in [0.15, 0.2) is 42.5 Å². The van der Waals surface area contributed by atoms with E-state index in [4.69, 9.17) is 9.47 Å². The van der Waals surface area contributed by atoms with E-state index in [9.17, 15) is 9.59 Å². The Morgan fingerprint density at radius 2 is 1.92 bits per heavy atom. The summed E-state index contributed by atoms with van der Waals surface area (Å²) in [6.45, 7) is 0.518. The topological polar surface area (TPSA) is 70.4 Å². The Labute approximate surface area is 145 Å². The van der Waals surface area contributed by atoms with Crippen molar-refractivity contribution in [3.8, 4) is 5.75 Å². The van der Waals surface area contributed by atoms with Crippen LogP contribution in [0.5, 0.6) is 5.75 Å². The Hall–Kier alpha value is -3.15. The average molecular weight is 338 g/mol. The first-order chi connectivity index (χ1) is 12.2. The van der Waals surface area contributed by atoms with Crippen LogP contribution in [0.3, 0.4) is 0 Å². The van der Waals surface area contributed by atoms with Gasteiger partial charge in [0, 0.05) is 11.8 Å². The molecule has 0 fully saturated rings. The van der Waals surface area contributed by atoms with E-state index >= 15 is 0 Å². The Kier molecular flexibility index (Phi) is 4.79. The zero-order valence-electron chi connectivity index (χ0n) is 14.1. The Morgan fingerprint density at radius 3 is 2.56 bits per heavy atom. The van der Waals surface area contributed by atoms with Gasteiger partial charge in [0.25, 0.3) is 0 Å². The summed E-state index contributed by atoms with van der Waals surface area (Å²) in [5, 5.41) is 5.20. The number of benzene rings is 2. The quantitative estimate of drug-likeness (QED) is 0.510. The van der Waals surface area contributed by atoms with Crippen LogP contribution in [-0.2, 0) is 22.5 Å². The van der Waals surface area contributed by atoms with Crippen LogP contribution in [0, 0.1) is 0 Å². The monoisotopic (exact) mass is 338 g/mol. The number of aromatic nitrogens is 2. The number of carbonyl (C=O) groups excluding carboxylic acids is 2. The number of hydrogen-bond donors (Lipinski definition) is 0. The van der Waals surface area contributed by atoms with E-state index < -0.39 is 5.97 Å². The highest BCUT2D eigenvalue weighted by Crippen LogP contribution is 2.25. The van der Waals surface area contributed by atoms with Gasteiger partial charge in [-0.15, -0.1) is 0 Å². The first kappa shape index (κ1) is 16.7. The molecular formula is C19H18N2O4. The van der Waals surface area contributed by atoms with Crippen molar-refractivity contribution in [2.45, 2.75) is 13.0 Å². The van der Waals surface area contributed by atoms with Crippen LogP contribution in [0.2, 0.25) is 0 Å². The summed E-state index contributed by atoms with van der Waals surface area (Å²) >= 11 is 0. The van der Waals surface area contributed by atoms with Crippen molar-refractivity contribution in [2.75, 3.05) is 14.2 Å². The van der Waals surface area contributed by atoms with Crippen LogP contribution in [0.1, 0.15) is 21.6 Å². The third-order valence-electron chi connectivity index (χ3n) is 4.02. The van der Waals surface area contributed by atoms with Crippen LogP contribution >= 0.6 is 0 Å². The van der Waals surface area contributed by atoms with Gasteiger partial charge >= 0.3 is 5.97 Å². The van der Waals surface area contributed by atoms with E-state index in [1.165, 1.54) is 7.11 Å². The number of esters is 1. The molecule has 0 N–H and O–H groups in total. The molecule has 0 aliphatic heterocycles. The summed E-state index contributed by atoms with van der Waals surface area (Å²) in [6.07, 6.45) is 0.924. The summed E-state index contributed by atoms with van der Waals surface area (Å²) in [5.41, 5.74) is 2.80.